The van der Waals surface area contributed by atoms with E-state index in [-0.39, 0.29) is 18.5 Å². The van der Waals surface area contributed by atoms with E-state index < -0.39 is 0 Å². The van der Waals surface area contributed by atoms with Crippen molar-refractivity contribution < 1.29 is 9.59 Å². The molecule has 0 aliphatic carbocycles. The number of likely N-dealkylation sites (N-methyl/N-ethyl adjacent to an activating group) is 1. The van der Waals surface area contributed by atoms with Crippen LogP contribution in [-0.4, -0.2) is 43.2 Å². The fourth-order valence-electron chi connectivity index (χ4n) is 1.84. The highest BCUT2D eigenvalue weighted by atomic mass is 32.2. The molecular weight excluding hydrogens is 298 g/mol. The molecule has 122 valence electrons. The number of carbonyl (C=O) groups is 2. The number of thioether (sulfide) groups is 1. The summed E-state index contributed by atoms with van der Waals surface area (Å²) in [7, 11) is 1.62. The highest BCUT2D eigenvalue weighted by molar-refractivity contribution is 7.98. The lowest BCUT2D eigenvalue weighted by Gasteiger charge is -2.17. The molecule has 0 fully saturated rings. The number of nitrogens with zero attached hydrogens (tertiary/aromatic N) is 1. The Balaban J connectivity index is 2.35. The van der Waals surface area contributed by atoms with E-state index in [2.05, 4.69) is 17.6 Å². The van der Waals surface area contributed by atoms with Gasteiger partial charge in [-0.15, -0.1) is 11.8 Å². The van der Waals surface area contributed by atoms with Gasteiger partial charge < -0.3 is 15.5 Å². The average Bonchev–Trinajstić information content (AvgIpc) is 2.52. The minimum atomic E-state index is -0.250. The van der Waals surface area contributed by atoms with Crippen molar-refractivity contribution in [1.29, 1.82) is 0 Å². The van der Waals surface area contributed by atoms with E-state index in [1.54, 1.807) is 18.8 Å². The molecule has 0 heterocycles. The predicted octanol–water partition coefficient (Wildman–Crippen LogP) is 2.47. The molecule has 0 radical (unpaired) electrons. The van der Waals surface area contributed by atoms with Gasteiger partial charge in [-0.25, -0.2) is 4.79 Å². The largest absolute Gasteiger partial charge is 0.355 e. The summed E-state index contributed by atoms with van der Waals surface area (Å²) in [5, 5.41) is 5.62. The van der Waals surface area contributed by atoms with Crippen LogP contribution in [0.2, 0.25) is 0 Å². The van der Waals surface area contributed by atoms with Gasteiger partial charge in [0, 0.05) is 25.0 Å². The van der Waals surface area contributed by atoms with Crippen LogP contribution in [0.4, 0.5) is 4.79 Å². The van der Waals surface area contributed by atoms with Crippen LogP contribution in [0.3, 0.4) is 0 Å². The summed E-state index contributed by atoms with van der Waals surface area (Å²) in [5.74, 6) is -0.129. The Labute approximate surface area is 136 Å². The second-order valence-electron chi connectivity index (χ2n) is 5.07. The Kier molecular flexibility index (Phi) is 8.43. The number of urea groups is 1. The van der Waals surface area contributed by atoms with Crippen molar-refractivity contribution in [3.05, 3.63) is 29.8 Å². The van der Waals surface area contributed by atoms with Crippen molar-refractivity contribution >= 4 is 23.7 Å². The standard InChI is InChI=1S/C16H25N3O2S/c1-4-5-9-17-15(20)12-19(2)16(21)18-11-13-7-6-8-14(10-13)22-3/h6-8,10H,4-5,9,11-12H2,1-3H3,(H,17,20)(H,18,21). The van der Waals surface area contributed by atoms with Gasteiger partial charge in [0.15, 0.2) is 0 Å². The second kappa shape index (κ2) is 10.1. The van der Waals surface area contributed by atoms with Gasteiger partial charge in [-0.3, -0.25) is 4.79 Å². The van der Waals surface area contributed by atoms with E-state index in [0.29, 0.717) is 13.1 Å². The van der Waals surface area contributed by atoms with Crippen molar-refractivity contribution in [1.82, 2.24) is 15.5 Å². The van der Waals surface area contributed by atoms with Crippen LogP contribution in [0.25, 0.3) is 0 Å². The summed E-state index contributed by atoms with van der Waals surface area (Å²) in [5.41, 5.74) is 1.04. The average molecular weight is 323 g/mol. The van der Waals surface area contributed by atoms with Crippen molar-refractivity contribution in [2.24, 2.45) is 0 Å². The van der Waals surface area contributed by atoms with Crippen LogP contribution in [0.1, 0.15) is 25.3 Å². The first-order chi connectivity index (χ1) is 10.6. The molecule has 0 aromatic heterocycles. The number of hydrogen-bond acceptors (Lipinski definition) is 3. The van der Waals surface area contributed by atoms with Gasteiger partial charge in [0.25, 0.3) is 0 Å². The monoisotopic (exact) mass is 323 g/mol. The van der Waals surface area contributed by atoms with Gasteiger partial charge in [0.1, 0.15) is 6.54 Å². The molecule has 0 aliphatic rings. The third-order valence-electron chi connectivity index (χ3n) is 3.16. The zero-order chi connectivity index (χ0) is 16.4. The van der Waals surface area contributed by atoms with Gasteiger partial charge in [-0.1, -0.05) is 25.5 Å². The molecule has 1 aromatic rings. The summed E-state index contributed by atoms with van der Waals surface area (Å²) in [6, 6.07) is 7.76. The molecule has 0 spiro atoms. The maximum atomic E-state index is 12.0. The van der Waals surface area contributed by atoms with E-state index in [1.165, 1.54) is 4.90 Å². The third kappa shape index (κ3) is 6.85. The summed E-state index contributed by atoms with van der Waals surface area (Å²) in [6.07, 6.45) is 4.00. The van der Waals surface area contributed by atoms with E-state index in [0.717, 1.165) is 23.3 Å². The van der Waals surface area contributed by atoms with Gasteiger partial charge in [-0.2, -0.15) is 0 Å². The maximum absolute atomic E-state index is 12.0. The molecule has 5 nitrogen and oxygen atoms in total. The molecule has 0 atom stereocenters. The summed E-state index contributed by atoms with van der Waals surface area (Å²) in [6.45, 7) is 3.25. The van der Waals surface area contributed by atoms with E-state index in [1.807, 2.05) is 30.5 Å². The molecule has 0 unspecified atom stereocenters. The van der Waals surface area contributed by atoms with Crippen LogP contribution >= 0.6 is 11.8 Å². The van der Waals surface area contributed by atoms with Gasteiger partial charge in [0.05, 0.1) is 0 Å². The topological polar surface area (TPSA) is 61.4 Å². The van der Waals surface area contributed by atoms with Crippen molar-refractivity contribution in [2.75, 3.05) is 26.4 Å². The normalized spacial score (nSPS) is 10.1. The highest BCUT2D eigenvalue weighted by Crippen LogP contribution is 2.15. The first-order valence-electron chi connectivity index (χ1n) is 7.45. The van der Waals surface area contributed by atoms with Crippen LogP contribution in [0, 0.1) is 0 Å². The number of hydrogen-bond donors (Lipinski definition) is 2. The SMILES string of the molecule is CCCCNC(=O)CN(C)C(=O)NCc1cccc(SC)c1. The number of benzene rings is 1. The van der Waals surface area contributed by atoms with Crippen LogP contribution < -0.4 is 10.6 Å². The third-order valence-corrected chi connectivity index (χ3v) is 3.88. The zero-order valence-corrected chi connectivity index (χ0v) is 14.3. The Hall–Kier alpha value is -1.69. The number of carbonyl (C=O) groups excluding carboxylic acids is 2. The zero-order valence-electron chi connectivity index (χ0n) is 13.5. The highest BCUT2D eigenvalue weighted by Gasteiger charge is 2.12. The molecule has 3 amide bonds. The lowest BCUT2D eigenvalue weighted by atomic mass is 10.2. The van der Waals surface area contributed by atoms with Gasteiger partial charge in [0.2, 0.25) is 5.91 Å². The van der Waals surface area contributed by atoms with Gasteiger partial charge >= 0.3 is 6.03 Å². The minimum absolute atomic E-state index is 0.0698. The quantitative estimate of drug-likeness (QED) is 0.571. The minimum Gasteiger partial charge on any atom is -0.355 e. The molecule has 0 saturated carbocycles. The van der Waals surface area contributed by atoms with Crippen LogP contribution in [0.5, 0.6) is 0 Å². The molecule has 1 rings (SSSR count). The molecular formula is C16H25N3O2S. The smallest absolute Gasteiger partial charge is 0.317 e. The molecule has 2 N–H and O–H groups in total. The first-order valence-corrected chi connectivity index (χ1v) is 8.68. The van der Waals surface area contributed by atoms with Crippen molar-refractivity contribution in [3.8, 4) is 0 Å². The maximum Gasteiger partial charge on any atom is 0.317 e. The van der Waals surface area contributed by atoms with Gasteiger partial charge in [-0.05, 0) is 30.4 Å². The number of amides is 3. The predicted molar refractivity (Wildman–Crippen MR) is 91.0 cm³/mol. The Bertz CT molecular complexity index is 494. The number of rotatable bonds is 8. The molecule has 0 saturated heterocycles. The lowest BCUT2D eigenvalue weighted by molar-refractivity contribution is -0.121. The van der Waals surface area contributed by atoms with Crippen molar-refractivity contribution in [3.63, 3.8) is 0 Å². The Morgan fingerprint density at radius 1 is 1.27 bits per heavy atom. The number of unbranched alkanes of at least 4 members (excludes halogenated alkanes) is 1. The fourth-order valence-corrected chi connectivity index (χ4v) is 2.33. The fraction of sp³-hybridized carbons (Fsp3) is 0.500. The first kappa shape index (κ1) is 18.4. The lowest BCUT2D eigenvalue weighted by Crippen LogP contribution is -2.43. The molecule has 22 heavy (non-hydrogen) atoms. The second-order valence-corrected chi connectivity index (χ2v) is 5.95. The summed E-state index contributed by atoms with van der Waals surface area (Å²) < 4.78 is 0. The van der Waals surface area contributed by atoms with Crippen LogP contribution in [0.15, 0.2) is 29.2 Å². The number of nitrogens with one attached hydrogen (secondary N) is 2. The van der Waals surface area contributed by atoms with E-state index in [9.17, 15) is 9.59 Å². The van der Waals surface area contributed by atoms with Crippen molar-refractivity contribution in [2.45, 2.75) is 31.2 Å². The molecule has 0 bridgehead atoms. The summed E-state index contributed by atoms with van der Waals surface area (Å²) in [4.78, 5) is 26.2. The van der Waals surface area contributed by atoms with E-state index >= 15 is 0 Å². The molecule has 6 heteroatoms. The Morgan fingerprint density at radius 3 is 2.73 bits per heavy atom. The molecule has 1 aromatic carbocycles. The Morgan fingerprint density at radius 2 is 2.05 bits per heavy atom. The summed E-state index contributed by atoms with van der Waals surface area (Å²) >= 11 is 1.67. The molecule has 0 aliphatic heterocycles. The van der Waals surface area contributed by atoms with Crippen LogP contribution in [-0.2, 0) is 11.3 Å². The van der Waals surface area contributed by atoms with E-state index in [4.69, 9.17) is 0 Å².